The molecule has 0 aliphatic carbocycles. The standard InChI is InChI=1S/C24H24F3N3O4/c1-5-7-17(10-15(3)33-4)19-12-22(31)34-20-11-16(8-9-18(19)20)13-30-14-21(28-29-30)23(32,6-2)24(25,26)27/h5,7-12,14,32H,1,6,13H2,2-4H3/b15-10+,17-7+. The molecule has 3 rings (SSSR count). The van der Waals surface area contributed by atoms with Gasteiger partial charge in [0.2, 0.25) is 5.60 Å². The largest absolute Gasteiger partial charge is 0.501 e. The van der Waals surface area contributed by atoms with E-state index in [1.54, 1.807) is 43.4 Å². The molecule has 34 heavy (non-hydrogen) atoms. The van der Waals surface area contributed by atoms with Crippen molar-refractivity contribution in [1.82, 2.24) is 15.0 Å². The molecule has 2 aromatic heterocycles. The van der Waals surface area contributed by atoms with E-state index in [1.165, 1.54) is 24.8 Å². The summed E-state index contributed by atoms with van der Waals surface area (Å²) in [6, 6.07) is 6.45. The minimum absolute atomic E-state index is 0.0482. The van der Waals surface area contributed by atoms with Gasteiger partial charge in [-0.25, -0.2) is 9.48 Å². The highest BCUT2D eigenvalue weighted by Crippen LogP contribution is 2.40. The summed E-state index contributed by atoms with van der Waals surface area (Å²) in [6.45, 7) is 6.75. The van der Waals surface area contributed by atoms with E-state index in [4.69, 9.17) is 9.15 Å². The van der Waals surface area contributed by atoms with E-state index < -0.39 is 29.5 Å². The number of aliphatic hydroxyl groups is 1. The van der Waals surface area contributed by atoms with Crippen LogP contribution in [0.1, 0.15) is 37.1 Å². The van der Waals surface area contributed by atoms with Gasteiger partial charge in [-0.2, -0.15) is 13.2 Å². The Morgan fingerprint density at radius 1 is 1.32 bits per heavy atom. The van der Waals surface area contributed by atoms with Gasteiger partial charge in [-0.05, 0) is 42.2 Å². The maximum Gasteiger partial charge on any atom is 0.423 e. The van der Waals surface area contributed by atoms with Crippen molar-refractivity contribution in [2.45, 2.75) is 38.6 Å². The van der Waals surface area contributed by atoms with E-state index in [0.717, 1.165) is 6.20 Å². The van der Waals surface area contributed by atoms with Crippen LogP contribution in [0.25, 0.3) is 16.5 Å². The number of fused-ring (bicyclic) bond motifs is 1. The van der Waals surface area contributed by atoms with Gasteiger partial charge in [0, 0.05) is 11.5 Å². The molecular weight excluding hydrogens is 451 g/mol. The van der Waals surface area contributed by atoms with E-state index >= 15 is 0 Å². The van der Waals surface area contributed by atoms with Gasteiger partial charge < -0.3 is 14.3 Å². The molecule has 0 saturated carbocycles. The second-order valence-electron chi connectivity index (χ2n) is 7.64. The summed E-state index contributed by atoms with van der Waals surface area (Å²) in [4.78, 5) is 12.2. The molecule has 0 aliphatic rings. The third kappa shape index (κ3) is 4.96. The summed E-state index contributed by atoms with van der Waals surface area (Å²) in [5.41, 5.74) is -2.05. The number of alkyl halides is 3. The number of halogens is 3. The number of aromatic nitrogens is 3. The first-order valence-corrected chi connectivity index (χ1v) is 10.3. The van der Waals surface area contributed by atoms with Crippen molar-refractivity contribution in [1.29, 1.82) is 0 Å². The molecule has 0 amide bonds. The lowest BCUT2D eigenvalue weighted by atomic mass is 9.96. The molecule has 1 atom stereocenters. The minimum Gasteiger partial charge on any atom is -0.501 e. The molecular formula is C24H24F3N3O4. The van der Waals surface area contributed by atoms with Crippen LogP contribution in [0.4, 0.5) is 13.2 Å². The highest BCUT2D eigenvalue weighted by atomic mass is 19.4. The zero-order chi connectivity index (χ0) is 25.1. The molecule has 0 saturated heterocycles. The fourth-order valence-electron chi connectivity index (χ4n) is 3.44. The number of hydrogen-bond acceptors (Lipinski definition) is 6. The van der Waals surface area contributed by atoms with Gasteiger partial charge in [-0.1, -0.05) is 43.0 Å². The average molecular weight is 475 g/mol. The maximum atomic E-state index is 13.3. The summed E-state index contributed by atoms with van der Waals surface area (Å²) in [5, 5.41) is 18.0. The Bertz CT molecular complexity index is 1320. The predicted molar refractivity (Wildman–Crippen MR) is 121 cm³/mol. The SMILES string of the molecule is C=C/C=C(\C=C(/C)OC)c1cc(=O)oc2cc(Cn3cc(C(O)(CC)C(F)(F)F)nn3)ccc12. The fourth-order valence-corrected chi connectivity index (χ4v) is 3.44. The van der Waals surface area contributed by atoms with E-state index in [2.05, 4.69) is 16.9 Å². The number of hydrogen-bond donors (Lipinski definition) is 1. The molecule has 10 heteroatoms. The molecule has 0 fully saturated rings. The summed E-state index contributed by atoms with van der Waals surface area (Å²) in [6.07, 6.45) is 0.642. The quantitative estimate of drug-likeness (QED) is 0.288. The number of ether oxygens (including phenoxy) is 1. The van der Waals surface area contributed by atoms with Gasteiger partial charge in [0.1, 0.15) is 11.3 Å². The smallest absolute Gasteiger partial charge is 0.423 e. The topological polar surface area (TPSA) is 90.4 Å². The zero-order valence-electron chi connectivity index (χ0n) is 18.9. The van der Waals surface area contributed by atoms with Crippen LogP contribution >= 0.6 is 0 Å². The van der Waals surface area contributed by atoms with Crippen molar-refractivity contribution < 1.29 is 27.4 Å². The molecule has 1 N–H and O–H groups in total. The summed E-state index contributed by atoms with van der Waals surface area (Å²) < 4.78 is 51.7. The molecule has 2 heterocycles. The van der Waals surface area contributed by atoms with Crippen LogP contribution in [-0.4, -0.2) is 33.4 Å². The number of rotatable bonds is 8. The lowest BCUT2D eigenvalue weighted by Gasteiger charge is -2.26. The molecule has 0 bridgehead atoms. The molecule has 1 unspecified atom stereocenters. The Morgan fingerprint density at radius 3 is 2.68 bits per heavy atom. The highest BCUT2D eigenvalue weighted by molar-refractivity contribution is 5.93. The minimum atomic E-state index is -4.89. The lowest BCUT2D eigenvalue weighted by Crippen LogP contribution is -2.42. The van der Waals surface area contributed by atoms with E-state index in [0.29, 0.717) is 33.4 Å². The second kappa shape index (κ2) is 9.68. The van der Waals surface area contributed by atoms with Gasteiger partial charge in [0.25, 0.3) is 0 Å². The molecule has 1 aromatic carbocycles. The molecule has 0 spiro atoms. The van der Waals surface area contributed by atoms with Crippen LogP contribution < -0.4 is 5.63 Å². The van der Waals surface area contributed by atoms with Crippen LogP contribution in [0.5, 0.6) is 0 Å². The molecule has 0 aliphatic heterocycles. The normalized spacial score (nSPS) is 14.8. The molecule has 3 aromatic rings. The molecule has 7 nitrogen and oxygen atoms in total. The van der Waals surface area contributed by atoms with E-state index in [1.807, 2.05) is 0 Å². The number of nitrogens with zero attached hydrogens (tertiary/aromatic N) is 3. The Labute approximate surface area is 193 Å². The van der Waals surface area contributed by atoms with Crippen LogP contribution in [0.3, 0.4) is 0 Å². The highest BCUT2D eigenvalue weighted by Gasteiger charge is 2.55. The predicted octanol–water partition coefficient (Wildman–Crippen LogP) is 4.71. The van der Waals surface area contributed by atoms with Crippen LogP contribution in [0, 0.1) is 0 Å². The number of benzene rings is 1. The summed E-state index contributed by atoms with van der Waals surface area (Å²) >= 11 is 0. The fraction of sp³-hybridized carbons (Fsp3) is 0.292. The van der Waals surface area contributed by atoms with Crippen molar-refractivity contribution >= 4 is 16.5 Å². The van der Waals surface area contributed by atoms with Crippen LogP contribution in [0.2, 0.25) is 0 Å². The van der Waals surface area contributed by atoms with Gasteiger partial charge in [0.05, 0.1) is 25.6 Å². The van der Waals surface area contributed by atoms with Crippen LogP contribution in [-0.2, 0) is 16.9 Å². The number of methoxy groups -OCH3 is 1. The maximum absolute atomic E-state index is 13.3. The Hall–Kier alpha value is -3.66. The first-order chi connectivity index (χ1) is 16.0. The Morgan fingerprint density at radius 2 is 2.06 bits per heavy atom. The Balaban J connectivity index is 2.01. The molecule has 0 radical (unpaired) electrons. The van der Waals surface area contributed by atoms with Crippen molar-refractivity contribution in [3.63, 3.8) is 0 Å². The third-order valence-electron chi connectivity index (χ3n) is 5.39. The van der Waals surface area contributed by atoms with E-state index in [9.17, 15) is 23.1 Å². The second-order valence-corrected chi connectivity index (χ2v) is 7.64. The zero-order valence-corrected chi connectivity index (χ0v) is 18.9. The summed E-state index contributed by atoms with van der Waals surface area (Å²) in [7, 11) is 1.53. The third-order valence-corrected chi connectivity index (χ3v) is 5.39. The monoisotopic (exact) mass is 475 g/mol. The van der Waals surface area contributed by atoms with Gasteiger partial charge in [-0.15, -0.1) is 5.10 Å². The van der Waals surface area contributed by atoms with Crippen LogP contribution in [0.15, 0.2) is 70.2 Å². The van der Waals surface area contributed by atoms with Crippen molar-refractivity contribution in [2.75, 3.05) is 7.11 Å². The van der Waals surface area contributed by atoms with Crippen molar-refractivity contribution in [3.8, 4) is 0 Å². The first kappa shape index (κ1) is 25.0. The lowest BCUT2D eigenvalue weighted by molar-refractivity contribution is -0.269. The summed E-state index contributed by atoms with van der Waals surface area (Å²) in [5.74, 6) is 0.624. The molecule has 180 valence electrons. The van der Waals surface area contributed by atoms with E-state index in [-0.39, 0.29) is 6.54 Å². The number of allylic oxidation sites excluding steroid dienone is 5. The van der Waals surface area contributed by atoms with Gasteiger partial charge in [-0.3, -0.25) is 0 Å². The Kier molecular flexibility index (Phi) is 7.11. The van der Waals surface area contributed by atoms with Gasteiger partial charge in [0.15, 0.2) is 0 Å². The van der Waals surface area contributed by atoms with Crippen molar-refractivity contribution in [2.24, 2.45) is 0 Å². The van der Waals surface area contributed by atoms with Crippen molar-refractivity contribution in [3.05, 3.63) is 88.3 Å². The average Bonchev–Trinajstić information content (AvgIpc) is 3.25. The van der Waals surface area contributed by atoms with Gasteiger partial charge >= 0.3 is 11.8 Å². The first-order valence-electron chi connectivity index (χ1n) is 10.3.